The number of nitrogens with one attached hydrogen (secondary N) is 2. The minimum Gasteiger partial charge on any atom is -0.406 e. The standard InChI is InChI=1S/C19H20F3N3O3S/c20-19(21,22)28-15-5-3-14(4-6-15)24-18(27)17(26)23-11-16(13-7-10-29-12-13)25-8-1-2-9-25/h3-7,10,12,16H,1-2,8-9,11H2,(H,23,26)(H,24,27). The lowest BCUT2D eigenvalue weighted by Gasteiger charge is -2.27. The molecule has 10 heteroatoms. The second-order valence-electron chi connectivity index (χ2n) is 6.55. The number of alkyl halides is 3. The molecule has 2 aromatic rings. The summed E-state index contributed by atoms with van der Waals surface area (Å²) < 4.78 is 40.3. The van der Waals surface area contributed by atoms with Crippen molar-refractivity contribution in [1.82, 2.24) is 10.2 Å². The molecule has 0 saturated carbocycles. The lowest BCUT2D eigenvalue weighted by atomic mass is 10.1. The lowest BCUT2D eigenvalue weighted by Crippen LogP contribution is -2.41. The molecule has 0 spiro atoms. The third-order valence-corrected chi connectivity index (χ3v) is 5.22. The minimum atomic E-state index is -4.79. The molecule has 2 amide bonds. The summed E-state index contributed by atoms with van der Waals surface area (Å²) in [5.41, 5.74) is 1.28. The van der Waals surface area contributed by atoms with Gasteiger partial charge in [0, 0.05) is 12.2 Å². The number of hydrogen-bond acceptors (Lipinski definition) is 5. The van der Waals surface area contributed by atoms with Gasteiger partial charge in [-0.3, -0.25) is 14.5 Å². The largest absolute Gasteiger partial charge is 0.573 e. The molecule has 1 aliphatic heterocycles. The Morgan fingerprint density at radius 3 is 2.38 bits per heavy atom. The zero-order chi connectivity index (χ0) is 20.9. The van der Waals surface area contributed by atoms with Crippen LogP contribution in [0.5, 0.6) is 5.75 Å². The van der Waals surface area contributed by atoms with Crippen LogP contribution in [-0.2, 0) is 9.59 Å². The average molecular weight is 427 g/mol. The predicted octanol–water partition coefficient (Wildman–Crippen LogP) is 3.54. The van der Waals surface area contributed by atoms with Gasteiger partial charge in [0.15, 0.2) is 0 Å². The first-order valence-electron chi connectivity index (χ1n) is 9.03. The van der Waals surface area contributed by atoms with E-state index in [1.807, 2.05) is 16.8 Å². The number of thiophene rings is 1. The fourth-order valence-electron chi connectivity index (χ4n) is 3.17. The summed E-state index contributed by atoms with van der Waals surface area (Å²) in [5, 5.41) is 9.01. The van der Waals surface area contributed by atoms with Gasteiger partial charge in [-0.2, -0.15) is 11.3 Å². The van der Waals surface area contributed by atoms with E-state index in [2.05, 4.69) is 20.3 Å². The fraction of sp³-hybridized carbons (Fsp3) is 0.368. The monoisotopic (exact) mass is 427 g/mol. The van der Waals surface area contributed by atoms with Crippen molar-refractivity contribution in [2.75, 3.05) is 25.0 Å². The van der Waals surface area contributed by atoms with E-state index in [9.17, 15) is 22.8 Å². The molecule has 6 nitrogen and oxygen atoms in total. The summed E-state index contributed by atoms with van der Waals surface area (Å²) in [5.74, 6) is -2.11. The van der Waals surface area contributed by atoms with E-state index in [0.29, 0.717) is 6.54 Å². The summed E-state index contributed by atoms with van der Waals surface area (Å²) in [6, 6.07) is 6.57. The number of likely N-dealkylation sites (tertiary alicyclic amines) is 1. The van der Waals surface area contributed by atoms with E-state index in [0.717, 1.165) is 43.6 Å². The zero-order valence-electron chi connectivity index (χ0n) is 15.4. The van der Waals surface area contributed by atoms with Gasteiger partial charge in [-0.05, 0) is 72.6 Å². The van der Waals surface area contributed by atoms with Gasteiger partial charge in [0.1, 0.15) is 5.75 Å². The molecule has 1 atom stereocenters. The molecule has 1 aromatic heterocycles. The van der Waals surface area contributed by atoms with E-state index in [1.165, 1.54) is 12.1 Å². The van der Waals surface area contributed by atoms with Gasteiger partial charge >= 0.3 is 18.2 Å². The number of ether oxygens (including phenoxy) is 1. The van der Waals surface area contributed by atoms with E-state index in [1.54, 1.807) is 11.3 Å². The first kappa shape index (κ1) is 21.1. The van der Waals surface area contributed by atoms with E-state index >= 15 is 0 Å². The molecule has 1 aromatic carbocycles. The smallest absolute Gasteiger partial charge is 0.406 e. The number of halogens is 3. The van der Waals surface area contributed by atoms with Crippen LogP contribution in [0.4, 0.5) is 18.9 Å². The van der Waals surface area contributed by atoms with E-state index in [-0.39, 0.29) is 11.7 Å². The molecule has 3 rings (SSSR count). The second kappa shape index (κ2) is 9.27. The zero-order valence-corrected chi connectivity index (χ0v) is 16.2. The SMILES string of the molecule is O=C(NCC(c1ccsc1)N1CCCC1)C(=O)Nc1ccc(OC(F)(F)F)cc1. The molecule has 2 heterocycles. The Bertz CT molecular complexity index is 819. The van der Waals surface area contributed by atoms with Crippen molar-refractivity contribution in [2.45, 2.75) is 25.2 Å². The number of anilines is 1. The maximum Gasteiger partial charge on any atom is 0.573 e. The van der Waals surface area contributed by atoms with Gasteiger partial charge in [-0.25, -0.2) is 0 Å². The Morgan fingerprint density at radius 1 is 1.10 bits per heavy atom. The normalized spacial score (nSPS) is 15.7. The first-order valence-corrected chi connectivity index (χ1v) is 9.97. The quantitative estimate of drug-likeness (QED) is 0.692. The highest BCUT2D eigenvalue weighted by atomic mass is 32.1. The van der Waals surface area contributed by atoms with Crippen LogP contribution in [0, 0.1) is 0 Å². The van der Waals surface area contributed by atoms with Crippen LogP contribution in [0.25, 0.3) is 0 Å². The molecule has 1 aliphatic rings. The highest BCUT2D eigenvalue weighted by Gasteiger charge is 2.31. The van der Waals surface area contributed by atoms with Gasteiger partial charge in [-0.1, -0.05) is 0 Å². The molecule has 0 bridgehead atoms. The van der Waals surface area contributed by atoms with Crippen molar-refractivity contribution >= 4 is 28.8 Å². The van der Waals surface area contributed by atoms with Gasteiger partial charge in [-0.15, -0.1) is 13.2 Å². The Morgan fingerprint density at radius 2 is 1.79 bits per heavy atom. The molecule has 1 saturated heterocycles. The van der Waals surface area contributed by atoms with Crippen molar-refractivity contribution in [3.63, 3.8) is 0 Å². The minimum absolute atomic E-state index is 0.000647. The number of rotatable bonds is 6. The Kier molecular flexibility index (Phi) is 6.75. The number of amides is 2. The highest BCUT2D eigenvalue weighted by molar-refractivity contribution is 7.08. The average Bonchev–Trinajstić information content (AvgIpc) is 3.36. The Labute approximate surface area is 169 Å². The van der Waals surface area contributed by atoms with Crippen molar-refractivity contribution < 1.29 is 27.5 Å². The molecular weight excluding hydrogens is 407 g/mol. The molecule has 0 aliphatic carbocycles. The van der Waals surface area contributed by atoms with Crippen LogP contribution in [0.3, 0.4) is 0 Å². The number of nitrogens with zero attached hydrogens (tertiary/aromatic N) is 1. The van der Waals surface area contributed by atoms with E-state index < -0.39 is 23.9 Å². The van der Waals surface area contributed by atoms with Gasteiger partial charge in [0.25, 0.3) is 0 Å². The molecule has 2 N–H and O–H groups in total. The molecule has 156 valence electrons. The maximum atomic E-state index is 12.2. The van der Waals surface area contributed by atoms with Crippen LogP contribution >= 0.6 is 11.3 Å². The number of hydrogen-bond donors (Lipinski definition) is 2. The van der Waals surface area contributed by atoms with Crippen molar-refractivity contribution in [1.29, 1.82) is 0 Å². The number of carbonyl (C=O) groups excluding carboxylic acids is 2. The Hall–Kier alpha value is -2.59. The van der Waals surface area contributed by atoms with E-state index in [4.69, 9.17) is 0 Å². The second-order valence-corrected chi connectivity index (χ2v) is 7.33. The number of benzene rings is 1. The summed E-state index contributed by atoms with van der Waals surface area (Å²) >= 11 is 1.57. The summed E-state index contributed by atoms with van der Waals surface area (Å²) in [6.45, 7) is 2.17. The lowest BCUT2D eigenvalue weighted by molar-refractivity contribution is -0.274. The Balaban J connectivity index is 1.54. The molecular formula is C19H20F3N3O3S. The van der Waals surface area contributed by atoms with Crippen LogP contribution in [0.2, 0.25) is 0 Å². The van der Waals surface area contributed by atoms with Crippen molar-refractivity contribution in [2.24, 2.45) is 0 Å². The van der Waals surface area contributed by atoms with Crippen molar-refractivity contribution in [3.05, 3.63) is 46.7 Å². The van der Waals surface area contributed by atoms with Gasteiger partial charge < -0.3 is 15.4 Å². The molecule has 0 radical (unpaired) electrons. The number of carbonyl (C=O) groups is 2. The predicted molar refractivity (Wildman–Crippen MR) is 103 cm³/mol. The summed E-state index contributed by atoms with van der Waals surface area (Å²) in [7, 11) is 0. The first-order chi connectivity index (χ1) is 13.8. The third-order valence-electron chi connectivity index (χ3n) is 4.52. The highest BCUT2D eigenvalue weighted by Crippen LogP contribution is 2.26. The summed E-state index contributed by atoms with van der Waals surface area (Å²) in [4.78, 5) is 26.6. The van der Waals surface area contributed by atoms with Gasteiger partial charge in [0.05, 0.1) is 6.04 Å². The van der Waals surface area contributed by atoms with Crippen LogP contribution in [0.15, 0.2) is 41.1 Å². The maximum absolute atomic E-state index is 12.2. The topological polar surface area (TPSA) is 70.7 Å². The van der Waals surface area contributed by atoms with Crippen molar-refractivity contribution in [3.8, 4) is 5.75 Å². The molecule has 1 unspecified atom stereocenters. The third kappa shape index (κ3) is 6.20. The van der Waals surface area contributed by atoms with Crippen LogP contribution in [0.1, 0.15) is 24.4 Å². The van der Waals surface area contributed by atoms with Crippen LogP contribution in [-0.4, -0.2) is 42.7 Å². The van der Waals surface area contributed by atoms with Gasteiger partial charge in [0.2, 0.25) is 0 Å². The fourth-order valence-corrected chi connectivity index (χ4v) is 3.88. The summed E-state index contributed by atoms with van der Waals surface area (Å²) in [6.07, 6.45) is -2.59. The molecule has 1 fully saturated rings. The van der Waals surface area contributed by atoms with Crippen LogP contribution < -0.4 is 15.4 Å². The molecule has 29 heavy (non-hydrogen) atoms.